The SMILES string of the molecule is O=C(C1CC1c1cccc(F)c1F)N(CCCO)Cc1ccncc1. The number of benzene rings is 1. The molecule has 0 radical (unpaired) electrons. The molecule has 2 unspecified atom stereocenters. The van der Waals surface area contributed by atoms with Crippen molar-refractivity contribution < 1.29 is 18.7 Å². The molecule has 0 saturated heterocycles. The van der Waals surface area contributed by atoms with Crippen LogP contribution in [0, 0.1) is 17.6 Å². The van der Waals surface area contributed by atoms with Crippen LogP contribution in [0.15, 0.2) is 42.7 Å². The number of rotatable bonds is 7. The molecule has 0 spiro atoms. The summed E-state index contributed by atoms with van der Waals surface area (Å²) in [4.78, 5) is 18.4. The zero-order valence-corrected chi connectivity index (χ0v) is 13.7. The Hall–Kier alpha value is -2.34. The lowest BCUT2D eigenvalue weighted by atomic mass is 10.1. The molecule has 132 valence electrons. The van der Waals surface area contributed by atoms with E-state index in [1.807, 2.05) is 12.1 Å². The largest absolute Gasteiger partial charge is 0.396 e. The van der Waals surface area contributed by atoms with Gasteiger partial charge >= 0.3 is 0 Å². The van der Waals surface area contributed by atoms with E-state index in [-0.39, 0.29) is 29.9 Å². The van der Waals surface area contributed by atoms with Crippen molar-refractivity contribution in [3.8, 4) is 0 Å². The van der Waals surface area contributed by atoms with Gasteiger partial charge in [0.25, 0.3) is 0 Å². The van der Waals surface area contributed by atoms with E-state index >= 15 is 0 Å². The maximum atomic E-state index is 13.9. The molecule has 6 heteroatoms. The highest BCUT2D eigenvalue weighted by Gasteiger charge is 2.47. The summed E-state index contributed by atoms with van der Waals surface area (Å²) in [7, 11) is 0. The molecule has 3 rings (SSSR count). The molecular weight excluding hydrogens is 326 g/mol. The third-order valence-electron chi connectivity index (χ3n) is 4.51. The number of halogens is 2. The van der Waals surface area contributed by atoms with E-state index < -0.39 is 11.6 Å². The first-order valence-electron chi connectivity index (χ1n) is 8.34. The molecule has 2 atom stereocenters. The van der Waals surface area contributed by atoms with Gasteiger partial charge < -0.3 is 10.0 Å². The van der Waals surface area contributed by atoms with Crippen molar-refractivity contribution in [3.63, 3.8) is 0 Å². The van der Waals surface area contributed by atoms with Crippen LogP contribution in [0.3, 0.4) is 0 Å². The fourth-order valence-corrected chi connectivity index (χ4v) is 3.09. The lowest BCUT2D eigenvalue weighted by Gasteiger charge is -2.23. The third-order valence-corrected chi connectivity index (χ3v) is 4.51. The summed E-state index contributed by atoms with van der Waals surface area (Å²) in [6.45, 7) is 0.829. The number of aliphatic hydroxyl groups is 1. The molecule has 1 aromatic carbocycles. The molecule has 1 fully saturated rings. The number of hydrogen-bond acceptors (Lipinski definition) is 3. The van der Waals surface area contributed by atoms with Gasteiger partial charge in [-0.3, -0.25) is 9.78 Å². The third kappa shape index (κ3) is 4.02. The molecule has 1 N–H and O–H groups in total. The molecular formula is C19H20F2N2O2. The van der Waals surface area contributed by atoms with Crippen LogP contribution in [0.25, 0.3) is 0 Å². The predicted octanol–water partition coefficient (Wildman–Crippen LogP) is 2.87. The maximum absolute atomic E-state index is 13.9. The molecule has 1 aromatic heterocycles. The first kappa shape index (κ1) is 17.5. The summed E-state index contributed by atoms with van der Waals surface area (Å²) in [5, 5.41) is 9.07. The molecule has 4 nitrogen and oxygen atoms in total. The van der Waals surface area contributed by atoms with E-state index in [2.05, 4.69) is 4.98 Å². The minimum absolute atomic E-state index is 0.00720. The zero-order valence-electron chi connectivity index (χ0n) is 13.7. The Morgan fingerprint density at radius 2 is 2.00 bits per heavy atom. The monoisotopic (exact) mass is 346 g/mol. The highest BCUT2D eigenvalue weighted by atomic mass is 19.2. The fraction of sp³-hybridized carbons (Fsp3) is 0.368. The Bertz CT molecular complexity index is 739. The Labute approximate surface area is 145 Å². The fourth-order valence-electron chi connectivity index (χ4n) is 3.09. The van der Waals surface area contributed by atoms with Gasteiger partial charge in [0, 0.05) is 38.0 Å². The number of carbonyl (C=O) groups excluding carboxylic acids is 1. The van der Waals surface area contributed by atoms with Crippen LogP contribution in [0.2, 0.25) is 0 Å². The molecule has 1 heterocycles. The minimum atomic E-state index is -0.885. The highest BCUT2D eigenvalue weighted by molar-refractivity contribution is 5.83. The number of pyridine rings is 1. The van der Waals surface area contributed by atoms with Crippen molar-refractivity contribution in [2.24, 2.45) is 5.92 Å². The van der Waals surface area contributed by atoms with Gasteiger partial charge in [0.2, 0.25) is 5.91 Å². The molecule has 1 aliphatic rings. The van der Waals surface area contributed by atoms with Crippen molar-refractivity contribution in [1.29, 1.82) is 0 Å². The Kier molecular flexibility index (Phi) is 5.38. The van der Waals surface area contributed by atoms with Crippen LogP contribution in [0.5, 0.6) is 0 Å². The van der Waals surface area contributed by atoms with Gasteiger partial charge in [0.05, 0.1) is 0 Å². The lowest BCUT2D eigenvalue weighted by Crippen LogP contribution is -2.33. The zero-order chi connectivity index (χ0) is 17.8. The summed E-state index contributed by atoms with van der Waals surface area (Å²) in [5.41, 5.74) is 1.21. The van der Waals surface area contributed by atoms with Crippen molar-refractivity contribution >= 4 is 5.91 Å². The van der Waals surface area contributed by atoms with Gasteiger partial charge in [0.1, 0.15) is 0 Å². The second-order valence-electron chi connectivity index (χ2n) is 6.28. The van der Waals surface area contributed by atoms with Crippen molar-refractivity contribution in [1.82, 2.24) is 9.88 Å². The second kappa shape index (κ2) is 7.70. The topological polar surface area (TPSA) is 53.4 Å². The highest BCUT2D eigenvalue weighted by Crippen LogP contribution is 2.49. The number of amides is 1. The quantitative estimate of drug-likeness (QED) is 0.839. The summed E-state index contributed by atoms with van der Waals surface area (Å²) >= 11 is 0. The van der Waals surface area contributed by atoms with Gasteiger partial charge in [-0.15, -0.1) is 0 Å². The van der Waals surface area contributed by atoms with E-state index in [4.69, 9.17) is 5.11 Å². The summed E-state index contributed by atoms with van der Waals surface area (Å²) in [5.74, 6) is -2.45. The predicted molar refractivity (Wildman–Crippen MR) is 88.6 cm³/mol. The van der Waals surface area contributed by atoms with Gasteiger partial charge in [-0.25, -0.2) is 8.78 Å². The Morgan fingerprint density at radius 1 is 1.24 bits per heavy atom. The number of aromatic nitrogens is 1. The van der Waals surface area contributed by atoms with Crippen LogP contribution in [-0.4, -0.2) is 34.0 Å². The molecule has 1 saturated carbocycles. The number of hydrogen-bond donors (Lipinski definition) is 1. The molecule has 1 amide bonds. The molecule has 0 bridgehead atoms. The van der Waals surface area contributed by atoms with E-state index in [1.165, 1.54) is 12.1 Å². The van der Waals surface area contributed by atoms with E-state index in [0.717, 1.165) is 11.6 Å². The second-order valence-corrected chi connectivity index (χ2v) is 6.28. The molecule has 2 aromatic rings. The maximum Gasteiger partial charge on any atom is 0.226 e. The average molecular weight is 346 g/mol. The van der Waals surface area contributed by atoms with Crippen molar-refractivity contribution in [2.75, 3.05) is 13.2 Å². The molecule has 25 heavy (non-hydrogen) atoms. The first-order valence-corrected chi connectivity index (χ1v) is 8.34. The summed E-state index contributed by atoms with van der Waals surface area (Å²) in [6.07, 6.45) is 4.31. The summed E-state index contributed by atoms with van der Waals surface area (Å²) in [6, 6.07) is 7.74. The van der Waals surface area contributed by atoms with E-state index in [9.17, 15) is 13.6 Å². The van der Waals surface area contributed by atoms with Crippen molar-refractivity contribution in [3.05, 3.63) is 65.5 Å². The Morgan fingerprint density at radius 3 is 2.72 bits per heavy atom. The Balaban J connectivity index is 1.71. The molecule has 0 aliphatic heterocycles. The number of nitrogens with zero attached hydrogens (tertiary/aromatic N) is 2. The number of aliphatic hydroxyl groups excluding tert-OH is 1. The number of carbonyl (C=O) groups is 1. The van der Waals surface area contributed by atoms with E-state index in [0.29, 0.717) is 25.9 Å². The van der Waals surface area contributed by atoms with Crippen LogP contribution < -0.4 is 0 Å². The normalized spacial score (nSPS) is 18.8. The van der Waals surface area contributed by atoms with E-state index in [1.54, 1.807) is 17.3 Å². The first-order chi connectivity index (χ1) is 12.1. The van der Waals surface area contributed by atoms with Crippen LogP contribution in [0.4, 0.5) is 8.78 Å². The summed E-state index contributed by atoms with van der Waals surface area (Å²) < 4.78 is 27.3. The van der Waals surface area contributed by atoms with Crippen LogP contribution in [0.1, 0.15) is 29.9 Å². The van der Waals surface area contributed by atoms with Crippen LogP contribution >= 0.6 is 0 Å². The van der Waals surface area contributed by atoms with Gasteiger partial charge in [-0.1, -0.05) is 12.1 Å². The lowest BCUT2D eigenvalue weighted by molar-refractivity contribution is -0.133. The van der Waals surface area contributed by atoms with Crippen LogP contribution in [-0.2, 0) is 11.3 Å². The molecule has 1 aliphatic carbocycles. The standard InChI is InChI=1S/C19H20F2N2O2/c20-17-4-1-3-14(18(17)21)15-11-16(15)19(25)23(9-2-10-24)12-13-5-7-22-8-6-13/h1,3-8,15-16,24H,2,9-12H2. The van der Waals surface area contributed by atoms with Crippen molar-refractivity contribution in [2.45, 2.75) is 25.3 Å². The van der Waals surface area contributed by atoms with Gasteiger partial charge in [-0.2, -0.15) is 0 Å². The van der Waals surface area contributed by atoms with Gasteiger partial charge in [0.15, 0.2) is 11.6 Å². The smallest absolute Gasteiger partial charge is 0.226 e. The van der Waals surface area contributed by atoms with Gasteiger partial charge in [-0.05, 0) is 48.1 Å². The average Bonchev–Trinajstić information content (AvgIpc) is 3.42. The minimum Gasteiger partial charge on any atom is -0.396 e.